The second-order valence-electron chi connectivity index (χ2n) is 16.0. The average Bonchev–Trinajstić information content (AvgIpc) is 3.45. The maximum atomic E-state index is 16.5. The van der Waals surface area contributed by atoms with Crippen molar-refractivity contribution >= 4 is 60.0 Å². The van der Waals surface area contributed by atoms with E-state index in [2.05, 4.69) is 4.90 Å². The lowest BCUT2D eigenvalue weighted by Crippen LogP contribution is -2.43. The maximum Gasteiger partial charge on any atom is 0.319 e. The molecule has 1 aromatic carbocycles. The summed E-state index contributed by atoms with van der Waals surface area (Å²) in [5, 5.41) is 18.8. The number of hydrogen-bond acceptors (Lipinski definition) is 11. The van der Waals surface area contributed by atoms with Gasteiger partial charge in [-0.2, -0.15) is 15.1 Å². The molecule has 1 saturated carbocycles. The molecule has 4 aromatic heterocycles. The van der Waals surface area contributed by atoms with Crippen LogP contribution in [0.1, 0.15) is 70.1 Å². The first-order valence-electron chi connectivity index (χ1n) is 19.0. The van der Waals surface area contributed by atoms with Crippen LogP contribution in [0.25, 0.3) is 42.5 Å². The Balaban J connectivity index is 1.15. The zero-order chi connectivity index (χ0) is 36.8. The third kappa shape index (κ3) is 5.78. The minimum absolute atomic E-state index is 0.195. The van der Waals surface area contributed by atoms with Crippen molar-refractivity contribution in [1.29, 1.82) is 0 Å². The van der Waals surface area contributed by atoms with E-state index in [9.17, 15) is 9.50 Å². The molecule has 0 spiro atoms. The Morgan fingerprint density at radius 3 is 2.85 bits per heavy atom. The molecule has 0 amide bonds. The van der Waals surface area contributed by atoms with Crippen LogP contribution in [0, 0.1) is 0 Å². The van der Waals surface area contributed by atoms with Gasteiger partial charge in [0.2, 0.25) is 0 Å². The van der Waals surface area contributed by atoms with Crippen LogP contribution in [-0.2, 0) is 15.1 Å². The van der Waals surface area contributed by atoms with E-state index in [1.54, 1.807) is 19.3 Å². The fourth-order valence-corrected chi connectivity index (χ4v) is 10.7. The van der Waals surface area contributed by atoms with Crippen LogP contribution in [0.4, 0.5) is 14.6 Å². The van der Waals surface area contributed by atoms with E-state index in [1.165, 1.54) is 11.3 Å². The lowest BCUT2D eigenvalue weighted by atomic mass is 9.94. The van der Waals surface area contributed by atoms with Crippen molar-refractivity contribution in [3.05, 3.63) is 47.0 Å². The molecule has 284 valence electrons. The van der Waals surface area contributed by atoms with E-state index in [4.69, 9.17) is 45.9 Å². The van der Waals surface area contributed by atoms with Crippen molar-refractivity contribution in [2.45, 2.75) is 81.3 Å². The number of ether oxygens (including phenoxy) is 3. The molecule has 11 nitrogen and oxygen atoms in total. The Kier molecular flexibility index (Phi) is 8.42. The summed E-state index contributed by atoms with van der Waals surface area (Å²) in [5.74, 6) is 0.614. The van der Waals surface area contributed by atoms with Gasteiger partial charge in [-0.3, -0.25) is 9.88 Å². The number of halogens is 3. The van der Waals surface area contributed by atoms with Crippen molar-refractivity contribution in [1.82, 2.24) is 29.6 Å². The number of aromatic nitrogens is 5. The van der Waals surface area contributed by atoms with Crippen LogP contribution in [0.5, 0.6) is 6.01 Å². The standard InChI is InChI=1S/C39H42ClF2N7O4S/c1-37(50)20-47(12-14-51-21-37)34-30-24-6-10-43-32(33(24)54-35(30)46-36(45-34)53-22-38-7-4-11-48(38)19-23(16-38)17-41)29-25-18-44-49(28-5-2-3-13-52-28)27(25)15-26(40)31(29)39(42)8-9-39/h6,10,15,17-18,28,50H,2-5,7-9,11-14,16,19-22H2,1H3/b23-17-/t28?,37-,38-/m0/s1. The van der Waals surface area contributed by atoms with E-state index < -0.39 is 11.3 Å². The first-order valence-corrected chi connectivity index (χ1v) is 20.2. The van der Waals surface area contributed by atoms with Gasteiger partial charge < -0.3 is 24.2 Å². The molecular formula is C39H42ClF2N7O4S. The third-order valence-corrected chi connectivity index (χ3v) is 13.3. The third-order valence-electron chi connectivity index (χ3n) is 11.9. The van der Waals surface area contributed by atoms with Gasteiger partial charge in [0.15, 0.2) is 6.23 Å². The highest BCUT2D eigenvalue weighted by Gasteiger charge is 2.50. The SMILES string of the molecule is C[C@@]1(O)COCCN(c2nc(OC[C@@]34CCCN3C/C(=C\F)C4)nc3sc4c(-c5c(C6(F)CC6)c(Cl)cc6c5cnn6C5CCCCO5)nccc4c23)C1. The molecule has 4 aliphatic heterocycles. The molecule has 4 saturated heterocycles. The monoisotopic (exact) mass is 777 g/mol. The summed E-state index contributed by atoms with van der Waals surface area (Å²) < 4.78 is 51.3. The second kappa shape index (κ2) is 13.0. The molecule has 5 fully saturated rings. The normalized spacial score (nSPS) is 28.1. The van der Waals surface area contributed by atoms with Crippen LogP contribution in [0.2, 0.25) is 5.02 Å². The molecule has 10 rings (SSSR count). The fraction of sp³-hybridized carbons (Fsp3) is 0.538. The number of fused-ring (bicyclic) bond motifs is 5. The number of rotatable bonds is 7. The maximum absolute atomic E-state index is 16.5. The van der Waals surface area contributed by atoms with E-state index in [-0.39, 0.29) is 30.9 Å². The molecule has 15 heteroatoms. The predicted octanol–water partition coefficient (Wildman–Crippen LogP) is 7.63. The molecule has 54 heavy (non-hydrogen) atoms. The Labute approximate surface area is 319 Å². The molecule has 3 atom stereocenters. The van der Waals surface area contributed by atoms with E-state index in [0.717, 1.165) is 76.9 Å². The minimum Gasteiger partial charge on any atom is -0.461 e. The number of anilines is 1. The van der Waals surface area contributed by atoms with Gasteiger partial charge >= 0.3 is 6.01 Å². The Bertz CT molecular complexity index is 2320. The lowest BCUT2D eigenvalue weighted by molar-refractivity contribution is -0.0366. The highest BCUT2D eigenvalue weighted by molar-refractivity contribution is 7.26. The van der Waals surface area contributed by atoms with E-state index in [0.29, 0.717) is 84.7 Å². The molecule has 1 N–H and O–H groups in total. The number of nitrogens with zero attached hydrogens (tertiary/aromatic N) is 7. The molecule has 0 radical (unpaired) electrons. The zero-order valence-electron chi connectivity index (χ0n) is 30.1. The number of β-amino-alcohol motifs (C(OH)–C–C–N with tert-alkyl or cyclic N) is 1. The van der Waals surface area contributed by atoms with Crippen molar-refractivity contribution in [2.24, 2.45) is 0 Å². The van der Waals surface area contributed by atoms with Crippen LogP contribution in [0.3, 0.4) is 0 Å². The molecule has 5 aliphatic rings. The summed E-state index contributed by atoms with van der Waals surface area (Å²) in [6.07, 6.45) is 10.2. The fourth-order valence-electron chi connectivity index (χ4n) is 9.22. The highest BCUT2D eigenvalue weighted by atomic mass is 35.5. The zero-order valence-corrected chi connectivity index (χ0v) is 31.7. The summed E-state index contributed by atoms with van der Waals surface area (Å²) in [6, 6.07) is 3.98. The van der Waals surface area contributed by atoms with Crippen LogP contribution in [0.15, 0.2) is 36.4 Å². The molecule has 5 aromatic rings. The summed E-state index contributed by atoms with van der Waals surface area (Å²) in [7, 11) is 0. The van der Waals surface area contributed by atoms with Crippen molar-refractivity contribution in [2.75, 3.05) is 57.5 Å². The second-order valence-corrected chi connectivity index (χ2v) is 17.4. The Morgan fingerprint density at radius 1 is 1.15 bits per heavy atom. The number of pyridine rings is 1. The molecule has 1 aliphatic carbocycles. The Hall–Kier alpha value is -3.53. The smallest absolute Gasteiger partial charge is 0.319 e. The van der Waals surface area contributed by atoms with Gasteiger partial charge in [-0.25, -0.2) is 13.5 Å². The van der Waals surface area contributed by atoms with Crippen molar-refractivity contribution in [3.8, 4) is 17.3 Å². The molecule has 1 unspecified atom stereocenters. The largest absolute Gasteiger partial charge is 0.461 e. The summed E-state index contributed by atoms with van der Waals surface area (Å²) in [5.41, 5.74) is 0.219. The molecular weight excluding hydrogens is 736 g/mol. The van der Waals surface area contributed by atoms with Crippen molar-refractivity contribution < 1.29 is 28.1 Å². The van der Waals surface area contributed by atoms with Gasteiger partial charge in [-0.1, -0.05) is 11.6 Å². The van der Waals surface area contributed by atoms with E-state index >= 15 is 4.39 Å². The summed E-state index contributed by atoms with van der Waals surface area (Å²) in [4.78, 5) is 20.0. The van der Waals surface area contributed by atoms with Crippen molar-refractivity contribution in [3.63, 3.8) is 0 Å². The number of thiophene rings is 1. The van der Waals surface area contributed by atoms with Crippen LogP contribution >= 0.6 is 22.9 Å². The van der Waals surface area contributed by atoms with Gasteiger partial charge in [0.05, 0.1) is 59.1 Å². The predicted molar refractivity (Wildman–Crippen MR) is 204 cm³/mol. The van der Waals surface area contributed by atoms with Crippen LogP contribution in [-0.4, -0.2) is 98.5 Å². The summed E-state index contributed by atoms with van der Waals surface area (Å²) in [6.45, 7) is 5.61. The topological polar surface area (TPSA) is 111 Å². The first kappa shape index (κ1) is 34.9. The number of hydrogen-bond donors (Lipinski definition) is 1. The van der Waals surface area contributed by atoms with Crippen LogP contribution < -0.4 is 9.64 Å². The number of alkyl halides is 1. The Morgan fingerprint density at radius 2 is 2.04 bits per heavy atom. The molecule has 8 heterocycles. The highest BCUT2D eigenvalue weighted by Crippen LogP contribution is 2.57. The average molecular weight is 778 g/mol. The van der Waals surface area contributed by atoms with E-state index in [1.807, 2.05) is 21.7 Å². The van der Waals surface area contributed by atoms with Gasteiger partial charge in [-0.15, -0.1) is 11.3 Å². The number of benzene rings is 1. The lowest BCUT2D eigenvalue weighted by Gasteiger charge is -2.31. The first-order chi connectivity index (χ1) is 26.2. The van der Waals surface area contributed by atoms with Gasteiger partial charge in [0.1, 0.15) is 28.5 Å². The minimum atomic E-state index is -1.57. The molecule has 0 bridgehead atoms. The van der Waals surface area contributed by atoms with Gasteiger partial charge in [0, 0.05) is 52.8 Å². The summed E-state index contributed by atoms with van der Waals surface area (Å²) >= 11 is 8.51. The van der Waals surface area contributed by atoms with Gasteiger partial charge in [-0.05, 0) is 82.5 Å². The van der Waals surface area contributed by atoms with Gasteiger partial charge in [0.25, 0.3) is 0 Å². The quantitative estimate of drug-likeness (QED) is 0.177. The number of aliphatic hydroxyl groups is 1.